The third-order valence-corrected chi connectivity index (χ3v) is 8.29. The molecule has 1 aliphatic carbocycles. The van der Waals surface area contributed by atoms with Gasteiger partial charge in [0.1, 0.15) is 5.82 Å². The highest BCUT2D eigenvalue weighted by atomic mass is 16.2. The highest BCUT2D eigenvalue weighted by Gasteiger charge is 2.27. The van der Waals surface area contributed by atoms with Crippen molar-refractivity contribution < 1.29 is 0 Å². The Morgan fingerprint density at radius 3 is 2.29 bits per heavy atom. The molecule has 42 heavy (non-hydrogen) atoms. The highest BCUT2D eigenvalue weighted by Crippen LogP contribution is 2.34. The lowest BCUT2D eigenvalue weighted by Crippen LogP contribution is -2.38. The smallest absolute Gasteiger partial charge is 0.317 e. The fourth-order valence-corrected chi connectivity index (χ4v) is 6.14. The number of rotatable bonds is 6. The van der Waals surface area contributed by atoms with Gasteiger partial charge in [0, 0.05) is 25.1 Å². The fourth-order valence-electron chi connectivity index (χ4n) is 6.14. The van der Waals surface area contributed by atoms with Crippen LogP contribution in [0.5, 0.6) is 0 Å². The largest absolute Gasteiger partial charge is 0.337 e. The number of imidazole rings is 1. The number of nitrogens with zero attached hydrogens (tertiary/aromatic N) is 7. The fraction of sp³-hybridized carbons (Fsp3) is 0.250. The van der Waals surface area contributed by atoms with E-state index in [1.54, 1.807) is 4.57 Å². The minimum atomic E-state index is -0.400. The van der Waals surface area contributed by atoms with Gasteiger partial charge in [-0.25, -0.2) is 19.4 Å². The molecule has 1 saturated carbocycles. The summed E-state index contributed by atoms with van der Waals surface area (Å²) in [5, 5.41) is 14.4. The number of para-hydroxylation sites is 1. The van der Waals surface area contributed by atoms with E-state index in [0.29, 0.717) is 29.2 Å². The zero-order chi connectivity index (χ0) is 28.6. The first kappa shape index (κ1) is 25.8. The number of tetrazole rings is 1. The molecular formula is C32H30N8O2. The average molecular weight is 559 g/mol. The van der Waals surface area contributed by atoms with Crippen molar-refractivity contribution >= 4 is 11.2 Å². The van der Waals surface area contributed by atoms with Gasteiger partial charge < -0.3 is 4.57 Å². The van der Waals surface area contributed by atoms with E-state index in [4.69, 9.17) is 4.98 Å². The van der Waals surface area contributed by atoms with E-state index in [9.17, 15) is 9.59 Å². The number of fused-ring (bicyclic) bond motifs is 1. The van der Waals surface area contributed by atoms with Gasteiger partial charge in [0.2, 0.25) is 0 Å². The Labute approximate surface area is 241 Å². The van der Waals surface area contributed by atoms with Crippen LogP contribution in [-0.4, -0.2) is 39.3 Å². The van der Waals surface area contributed by atoms with Crippen molar-refractivity contribution in [3.63, 3.8) is 0 Å². The van der Waals surface area contributed by atoms with E-state index in [-0.39, 0.29) is 11.5 Å². The van der Waals surface area contributed by atoms with Gasteiger partial charge in [0.25, 0.3) is 5.56 Å². The van der Waals surface area contributed by atoms with Crippen molar-refractivity contribution in [2.24, 2.45) is 7.05 Å². The Bertz CT molecular complexity index is 1980. The van der Waals surface area contributed by atoms with E-state index in [1.165, 1.54) is 18.0 Å². The van der Waals surface area contributed by atoms with E-state index in [2.05, 4.69) is 49.5 Å². The quantitative estimate of drug-likeness (QED) is 0.313. The van der Waals surface area contributed by atoms with Crippen LogP contribution in [0.3, 0.4) is 0 Å². The summed E-state index contributed by atoms with van der Waals surface area (Å²) in [6.07, 6.45) is 5.51. The normalized spacial score (nSPS) is 14.0. The lowest BCUT2D eigenvalue weighted by atomic mass is 9.88. The monoisotopic (exact) mass is 558 g/mol. The Hall–Kier alpha value is -5.12. The van der Waals surface area contributed by atoms with Gasteiger partial charge in [0.15, 0.2) is 17.0 Å². The minimum Gasteiger partial charge on any atom is -0.317 e. The summed E-state index contributed by atoms with van der Waals surface area (Å²) in [5.74, 6) is 1.72. The van der Waals surface area contributed by atoms with E-state index >= 15 is 0 Å². The van der Waals surface area contributed by atoms with Crippen molar-refractivity contribution in [2.45, 2.75) is 44.6 Å². The topological polar surface area (TPSA) is 116 Å². The van der Waals surface area contributed by atoms with Crippen LogP contribution in [0, 0.1) is 0 Å². The molecule has 1 N–H and O–H groups in total. The van der Waals surface area contributed by atoms with Gasteiger partial charge in [-0.05, 0) is 52.1 Å². The molecule has 0 spiro atoms. The Kier molecular flexibility index (Phi) is 6.58. The maximum atomic E-state index is 13.7. The lowest BCUT2D eigenvalue weighted by molar-refractivity contribution is 0.420. The number of hydrogen-bond donors (Lipinski definition) is 1. The number of H-pyrrole nitrogens is 1. The highest BCUT2D eigenvalue weighted by molar-refractivity contribution is 5.80. The van der Waals surface area contributed by atoms with Gasteiger partial charge in [0.05, 0.1) is 5.69 Å². The summed E-state index contributed by atoms with van der Waals surface area (Å²) in [7, 11) is 1.54. The number of hydrogen-bond acceptors (Lipinski definition) is 6. The van der Waals surface area contributed by atoms with Crippen molar-refractivity contribution in [1.82, 2.24) is 39.3 Å². The molecular weight excluding hydrogens is 528 g/mol. The van der Waals surface area contributed by atoms with Crippen LogP contribution >= 0.6 is 0 Å². The summed E-state index contributed by atoms with van der Waals surface area (Å²) >= 11 is 0. The molecule has 1 fully saturated rings. The average Bonchev–Trinajstić information content (AvgIpc) is 3.71. The number of nitrogens with one attached hydrogen (secondary N) is 1. The third kappa shape index (κ3) is 4.45. The van der Waals surface area contributed by atoms with Crippen LogP contribution in [0.25, 0.3) is 39.4 Å². The SMILES string of the molecule is Cn1c(=O)c2c(nc(C3CCCCC3)n2Cc2ccc(-c3ccccc3-c3nnn[nH]3)cc2)n(-c2ccccc2)c1=O. The van der Waals surface area contributed by atoms with Gasteiger partial charge in [-0.15, -0.1) is 5.10 Å². The number of aromatic amines is 1. The lowest BCUT2D eigenvalue weighted by Gasteiger charge is -2.22. The summed E-state index contributed by atoms with van der Waals surface area (Å²) in [6, 6.07) is 25.7. The maximum Gasteiger partial charge on any atom is 0.337 e. The van der Waals surface area contributed by atoms with Gasteiger partial charge in [-0.3, -0.25) is 9.36 Å². The van der Waals surface area contributed by atoms with Crippen LogP contribution in [0.2, 0.25) is 0 Å². The molecule has 0 amide bonds. The molecule has 210 valence electrons. The molecule has 0 aliphatic heterocycles. The van der Waals surface area contributed by atoms with E-state index in [0.717, 1.165) is 53.8 Å². The zero-order valence-corrected chi connectivity index (χ0v) is 23.3. The van der Waals surface area contributed by atoms with E-state index < -0.39 is 5.69 Å². The van der Waals surface area contributed by atoms with Gasteiger partial charge in [-0.1, -0.05) is 86.0 Å². The molecule has 7 rings (SSSR count). The number of benzene rings is 3. The standard InChI is InChI=1S/C32H30N8O2/c1-38-31(41)27-30(40(32(38)42)24-12-6-3-7-13-24)33-29(23-10-4-2-5-11-23)39(27)20-21-16-18-22(19-17-21)25-14-8-9-15-26(25)28-34-36-37-35-28/h3,6-9,12-19,23H,2,4-5,10-11,20H2,1H3,(H,34,35,36,37). The van der Waals surface area contributed by atoms with Crippen molar-refractivity contribution in [1.29, 1.82) is 0 Å². The van der Waals surface area contributed by atoms with Gasteiger partial charge in [-0.2, -0.15) is 0 Å². The summed E-state index contributed by atoms with van der Waals surface area (Å²) in [5.41, 5.74) is 4.82. The molecule has 10 heteroatoms. The Morgan fingerprint density at radius 1 is 0.857 bits per heavy atom. The molecule has 3 aromatic carbocycles. The summed E-state index contributed by atoms with van der Waals surface area (Å²) in [4.78, 5) is 32.2. The third-order valence-electron chi connectivity index (χ3n) is 8.29. The first-order valence-corrected chi connectivity index (χ1v) is 14.3. The van der Waals surface area contributed by atoms with Gasteiger partial charge >= 0.3 is 5.69 Å². The van der Waals surface area contributed by atoms with E-state index in [1.807, 2.05) is 54.6 Å². The molecule has 0 bridgehead atoms. The molecule has 3 heterocycles. The van der Waals surface area contributed by atoms with Crippen molar-refractivity contribution in [2.75, 3.05) is 0 Å². The molecule has 0 saturated heterocycles. The molecule has 0 atom stereocenters. The van der Waals surface area contributed by atoms with Crippen LogP contribution in [0.4, 0.5) is 0 Å². The Balaban J connectivity index is 1.35. The molecule has 0 unspecified atom stereocenters. The number of aromatic nitrogens is 8. The Morgan fingerprint density at radius 2 is 1.57 bits per heavy atom. The van der Waals surface area contributed by atoms with Crippen LogP contribution in [0.15, 0.2) is 88.5 Å². The molecule has 10 nitrogen and oxygen atoms in total. The first-order chi connectivity index (χ1) is 20.6. The molecule has 0 radical (unpaired) electrons. The second-order valence-corrected chi connectivity index (χ2v) is 10.9. The zero-order valence-electron chi connectivity index (χ0n) is 23.3. The van der Waals surface area contributed by atoms with Crippen LogP contribution < -0.4 is 11.2 Å². The maximum absolute atomic E-state index is 13.7. The predicted molar refractivity (Wildman–Crippen MR) is 161 cm³/mol. The minimum absolute atomic E-state index is 0.233. The molecule has 3 aromatic heterocycles. The molecule has 1 aliphatic rings. The molecule has 6 aromatic rings. The van der Waals surface area contributed by atoms with Crippen molar-refractivity contribution in [3.8, 4) is 28.2 Å². The first-order valence-electron chi connectivity index (χ1n) is 14.3. The predicted octanol–water partition coefficient (Wildman–Crippen LogP) is 4.83. The van der Waals surface area contributed by atoms with Crippen LogP contribution in [0.1, 0.15) is 49.4 Å². The summed E-state index contributed by atoms with van der Waals surface area (Å²) in [6.45, 7) is 0.471. The van der Waals surface area contributed by atoms with Crippen LogP contribution in [-0.2, 0) is 13.6 Å². The van der Waals surface area contributed by atoms with Crippen molar-refractivity contribution in [3.05, 3.63) is 111 Å². The second kappa shape index (κ2) is 10.7. The summed E-state index contributed by atoms with van der Waals surface area (Å²) < 4.78 is 4.81. The second-order valence-electron chi connectivity index (χ2n) is 10.9.